The van der Waals surface area contributed by atoms with Crippen molar-refractivity contribution in [1.29, 1.82) is 0 Å². The maximum absolute atomic E-state index is 7.03. The fourth-order valence-electron chi connectivity index (χ4n) is 6.87. The minimum absolute atomic E-state index is 1.22. The average Bonchev–Trinajstić information content (AvgIpc) is 2.96. The molecule has 1 aliphatic rings. The van der Waals surface area contributed by atoms with E-state index in [0.717, 1.165) is 0 Å². The average molecular weight is 545 g/mol. The van der Waals surface area contributed by atoms with Crippen molar-refractivity contribution in [2.45, 2.75) is 0 Å². The normalized spacial score (nSPS) is 29.4. The Morgan fingerprint density at radius 3 is 0.611 bits per heavy atom. The Morgan fingerprint density at radius 2 is 0.472 bits per heavy atom. The van der Waals surface area contributed by atoms with Crippen LogP contribution in [0.25, 0.3) is 0 Å². The van der Waals surface area contributed by atoms with Gasteiger partial charge in [-0.25, -0.2) is 0 Å². The van der Waals surface area contributed by atoms with Crippen LogP contribution in [0, 0.1) is 0 Å². The van der Waals surface area contributed by atoms with Gasteiger partial charge in [0.15, 0.2) is 0 Å². The summed E-state index contributed by atoms with van der Waals surface area (Å²) in [5.41, 5.74) is 0. The van der Waals surface area contributed by atoms with Crippen LogP contribution in [0.15, 0.2) is 121 Å². The number of hydrogen-bond acceptors (Lipinski definition) is 4. The van der Waals surface area contributed by atoms with Crippen LogP contribution in [0.4, 0.5) is 0 Å². The van der Waals surface area contributed by atoms with Crippen LogP contribution in [0.3, 0.4) is 0 Å². The smallest absolute Gasteiger partial charge is 0.268 e. The highest BCUT2D eigenvalue weighted by molar-refractivity contribution is 8.17. The molecule has 0 aliphatic carbocycles. The third-order valence-electron chi connectivity index (χ3n) is 7.93. The van der Waals surface area contributed by atoms with E-state index < -0.39 is 29.4 Å². The molecule has 0 amide bonds. The van der Waals surface area contributed by atoms with Crippen LogP contribution in [-0.4, -0.2) is 57.8 Å². The number of hydrogen-bond donors (Lipinski definition) is 0. The van der Waals surface area contributed by atoms with E-state index in [0.29, 0.717) is 0 Å². The third kappa shape index (κ3) is 2.86. The van der Waals surface area contributed by atoms with Gasteiger partial charge in [-0.15, -0.1) is 0 Å². The molecule has 8 heteroatoms. The Hall–Kier alpha value is -2.41. The monoisotopic (exact) mass is 544 g/mol. The van der Waals surface area contributed by atoms with Gasteiger partial charge >= 0.3 is 0 Å². The molecule has 0 aromatic heterocycles. The van der Waals surface area contributed by atoms with E-state index in [1.54, 1.807) is 0 Å². The molecule has 0 spiro atoms. The van der Waals surface area contributed by atoms with Crippen molar-refractivity contribution in [1.82, 2.24) is 0 Å². The molecule has 0 unspecified atom stereocenters. The number of benzene rings is 4. The van der Waals surface area contributed by atoms with Gasteiger partial charge in [-0.2, -0.15) is 0 Å². The van der Waals surface area contributed by atoms with Gasteiger partial charge in [0.1, 0.15) is 0 Å². The molecule has 0 N–H and O–H groups in total. The van der Waals surface area contributed by atoms with Gasteiger partial charge in [-0.3, -0.25) is 0 Å². The Morgan fingerprint density at radius 1 is 0.306 bits per heavy atom. The summed E-state index contributed by atoms with van der Waals surface area (Å²) >= 11 is 0. The van der Waals surface area contributed by atoms with Crippen molar-refractivity contribution in [3.63, 3.8) is 0 Å². The van der Waals surface area contributed by atoms with Gasteiger partial charge in [0.25, 0.3) is 29.4 Å². The van der Waals surface area contributed by atoms with Crippen molar-refractivity contribution in [3.05, 3.63) is 121 Å². The van der Waals surface area contributed by atoms with Crippen LogP contribution in [0.5, 0.6) is 0 Å². The van der Waals surface area contributed by atoms with E-state index >= 15 is 0 Å². The van der Waals surface area contributed by atoms with Crippen molar-refractivity contribution in [2.75, 3.05) is 28.4 Å². The highest BCUT2D eigenvalue weighted by Crippen LogP contribution is 2.51. The van der Waals surface area contributed by atoms with Gasteiger partial charge in [0, 0.05) is 28.4 Å². The van der Waals surface area contributed by atoms with E-state index in [2.05, 4.69) is 121 Å². The molecule has 4 aromatic rings. The number of rotatable bonds is 8. The standard InChI is InChI=1S/C28H32O4Si4/c1-29-33(25-17-9-5-10-18-25)34(30-2,26-19-11-6-12-20-26)36(32-4,28-23-15-8-16-24-28)35(33,31-3)27-21-13-7-14-22-27/h5-24H,1-4H3. The van der Waals surface area contributed by atoms with E-state index in [1.807, 2.05) is 28.4 Å². The lowest BCUT2D eigenvalue weighted by molar-refractivity contribution is 0.347. The lowest BCUT2D eigenvalue weighted by atomic mass is 10.4. The molecule has 0 atom stereocenters. The minimum atomic E-state index is -3.00. The lowest BCUT2D eigenvalue weighted by Crippen LogP contribution is -3.19. The zero-order valence-electron chi connectivity index (χ0n) is 21.2. The SMILES string of the molecule is CO[Si]1(c2ccccc2)[Si](OC)(c2ccccc2)[Si](OC)(c2ccccc2)[Si]1(OC)c1ccccc1. The molecule has 5 rings (SSSR count). The van der Waals surface area contributed by atoms with Gasteiger partial charge in [0.2, 0.25) is 0 Å². The first-order valence-corrected chi connectivity index (χ1v) is 23.7. The van der Waals surface area contributed by atoms with Crippen LogP contribution in [0.2, 0.25) is 0 Å². The molecule has 0 bridgehead atoms. The molecular weight excluding hydrogens is 513 g/mol. The second-order valence-electron chi connectivity index (χ2n) is 9.01. The summed E-state index contributed by atoms with van der Waals surface area (Å²) in [7, 11) is -4.49. The van der Waals surface area contributed by atoms with Gasteiger partial charge < -0.3 is 17.7 Å². The van der Waals surface area contributed by atoms with Crippen LogP contribution in [0.1, 0.15) is 0 Å². The fraction of sp³-hybridized carbons (Fsp3) is 0.143. The predicted octanol–water partition coefficient (Wildman–Crippen LogP) is 2.31. The molecular formula is C28H32O4Si4. The zero-order valence-corrected chi connectivity index (χ0v) is 25.2. The predicted molar refractivity (Wildman–Crippen MR) is 155 cm³/mol. The highest BCUT2D eigenvalue weighted by Gasteiger charge is 3.00. The first-order chi connectivity index (χ1) is 17.7. The molecule has 36 heavy (non-hydrogen) atoms. The Bertz CT molecular complexity index is 1080. The van der Waals surface area contributed by atoms with Crippen LogP contribution in [-0.2, 0) is 17.7 Å². The summed E-state index contributed by atoms with van der Waals surface area (Å²) in [4.78, 5) is 0. The summed E-state index contributed by atoms with van der Waals surface area (Å²) in [6, 6.07) is 42.9. The molecule has 4 nitrogen and oxygen atoms in total. The van der Waals surface area contributed by atoms with Crippen molar-refractivity contribution in [2.24, 2.45) is 0 Å². The summed E-state index contributed by atoms with van der Waals surface area (Å²) in [6.45, 7) is 0. The fourth-order valence-corrected chi connectivity index (χ4v) is 106. The van der Waals surface area contributed by atoms with E-state index in [4.69, 9.17) is 17.7 Å². The van der Waals surface area contributed by atoms with Gasteiger partial charge in [0.05, 0.1) is 0 Å². The quantitative estimate of drug-likeness (QED) is 0.319. The van der Waals surface area contributed by atoms with Crippen LogP contribution >= 0.6 is 0 Å². The lowest BCUT2D eigenvalue weighted by Gasteiger charge is -2.72. The van der Waals surface area contributed by atoms with Crippen molar-refractivity contribution >= 4 is 50.2 Å². The van der Waals surface area contributed by atoms with E-state index in [-0.39, 0.29) is 0 Å². The summed E-state index contributed by atoms with van der Waals surface area (Å²) in [6.07, 6.45) is 0. The Balaban J connectivity index is 2.03. The zero-order chi connectivity index (χ0) is 25.3. The van der Waals surface area contributed by atoms with E-state index in [1.165, 1.54) is 20.7 Å². The van der Waals surface area contributed by atoms with Crippen molar-refractivity contribution < 1.29 is 17.7 Å². The van der Waals surface area contributed by atoms with Crippen LogP contribution < -0.4 is 20.7 Å². The Labute approximate surface area is 217 Å². The molecule has 184 valence electrons. The topological polar surface area (TPSA) is 36.9 Å². The Kier molecular flexibility index (Phi) is 6.88. The maximum Gasteiger partial charge on any atom is 0.268 e. The molecule has 1 saturated heterocycles. The first kappa shape index (κ1) is 25.2. The summed E-state index contributed by atoms with van der Waals surface area (Å²) < 4.78 is 28.1. The maximum atomic E-state index is 7.03. The van der Waals surface area contributed by atoms with Crippen molar-refractivity contribution in [3.8, 4) is 0 Å². The molecule has 4 aromatic carbocycles. The molecule has 0 saturated carbocycles. The summed E-state index contributed by atoms with van der Waals surface area (Å²) in [5, 5.41) is 4.88. The molecule has 0 radical (unpaired) electrons. The second kappa shape index (κ2) is 9.80. The molecule has 1 aliphatic heterocycles. The summed E-state index contributed by atoms with van der Waals surface area (Å²) in [5.74, 6) is 0. The first-order valence-electron chi connectivity index (χ1n) is 12.1. The largest absolute Gasteiger partial charge is 0.415 e. The third-order valence-corrected chi connectivity index (χ3v) is 77.0. The van der Waals surface area contributed by atoms with Gasteiger partial charge in [-0.05, 0) is 20.7 Å². The minimum Gasteiger partial charge on any atom is -0.415 e. The molecule has 1 heterocycles. The van der Waals surface area contributed by atoms with Gasteiger partial charge in [-0.1, -0.05) is 121 Å². The highest BCUT2D eigenvalue weighted by atomic mass is 30.2. The van der Waals surface area contributed by atoms with E-state index in [9.17, 15) is 0 Å². The molecule has 1 fully saturated rings. The second-order valence-corrected chi connectivity index (χ2v) is 41.3.